The van der Waals surface area contributed by atoms with Gasteiger partial charge >= 0.3 is 6.18 Å². The van der Waals surface area contributed by atoms with Gasteiger partial charge in [-0.25, -0.2) is 0 Å². The summed E-state index contributed by atoms with van der Waals surface area (Å²) in [4.78, 5) is 14.0. The van der Waals surface area contributed by atoms with E-state index in [9.17, 15) is 18.0 Å². The molecular weight excluding hydrogens is 319 g/mol. The lowest BCUT2D eigenvalue weighted by Crippen LogP contribution is -2.34. The second-order valence-corrected chi connectivity index (χ2v) is 5.52. The van der Waals surface area contributed by atoms with Crippen LogP contribution in [0.25, 0.3) is 11.1 Å². The molecule has 22 heavy (non-hydrogen) atoms. The zero-order valence-electron chi connectivity index (χ0n) is 11.2. The number of benzene rings is 1. The van der Waals surface area contributed by atoms with Crippen molar-refractivity contribution >= 4 is 11.6 Å². The van der Waals surface area contributed by atoms with E-state index in [1.807, 2.05) is 0 Å². The van der Waals surface area contributed by atoms with Gasteiger partial charge in [0.1, 0.15) is 0 Å². The van der Waals surface area contributed by atoms with Gasteiger partial charge in [-0.1, -0.05) is 17.7 Å². The first-order valence-electron chi connectivity index (χ1n) is 6.53. The first-order chi connectivity index (χ1) is 10.3. The van der Waals surface area contributed by atoms with Crippen LogP contribution in [0.5, 0.6) is 0 Å². The Kier molecular flexibility index (Phi) is 3.74. The summed E-state index contributed by atoms with van der Waals surface area (Å²) in [5.41, 5.74) is 1.67. The van der Waals surface area contributed by atoms with Crippen LogP contribution in [0.4, 0.5) is 13.2 Å². The predicted octanol–water partition coefficient (Wildman–Crippen LogP) is 3.70. The minimum Gasteiger partial charge on any atom is -0.364 e. The van der Waals surface area contributed by atoms with E-state index in [4.69, 9.17) is 16.3 Å². The molecule has 3 rings (SSSR count). The van der Waals surface area contributed by atoms with Gasteiger partial charge in [-0.2, -0.15) is 13.2 Å². The summed E-state index contributed by atoms with van der Waals surface area (Å²) in [7, 11) is 0. The monoisotopic (exact) mass is 329 g/mol. The van der Waals surface area contributed by atoms with Crippen molar-refractivity contribution < 1.29 is 17.9 Å². The minimum atomic E-state index is -4.46. The summed E-state index contributed by atoms with van der Waals surface area (Å²) in [6.45, 7) is -0.234. The van der Waals surface area contributed by atoms with Gasteiger partial charge in [-0.15, -0.1) is 0 Å². The molecule has 7 heteroatoms. The third-order valence-corrected chi connectivity index (χ3v) is 3.82. The maximum absolute atomic E-state index is 13.1. The van der Waals surface area contributed by atoms with Crippen LogP contribution in [0.2, 0.25) is 5.02 Å². The van der Waals surface area contributed by atoms with Gasteiger partial charge < -0.3 is 9.72 Å². The molecule has 1 aromatic carbocycles. The van der Waals surface area contributed by atoms with Crippen LogP contribution in [0, 0.1) is 0 Å². The van der Waals surface area contributed by atoms with E-state index in [1.165, 1.54) is 24.4 Å². The quantitative estimate of drug-likeness (QED) is 0.801. The Balaban J connectivity index is 2.19. The van der Waals surface area contributed by atoms with Crippen LogP contribution in [0.3, 0.4) is 0 Å². The number of fused-ring (bicyclic) bond motifs is 3. The van der Waals surface area contributed by atoms with Crippen LogP contribution in [0.1, 0.15) is 11.1 Å². The number of alkyl halides is 3. The topological polar surface area (TPSA) is 42.1 Å². The Morgan fingerprint density at radius 2 is 1.91 bits per heavy atom. The second kappa shape index (κ2) is 5.44. The zero-order valence-corrected chi connectivity index (χ0v) is 12.0. The Bertz CT molecular complexity index is 770. The average molecular weight is 330 g/mol. The third kappa shape index (κ3) is 2.89. The van der Waals surface area contributed by atoms with Crippen molar-refractivity contribution in [3.63, 3.8) is 0 Å². The van der Waals surface area contributed by atoms with E-state index in [2.05, 4.69) is 4.98 Å². The number of pyridine rings is 1. The molecule has 1 aliphatic heterocycles. The predicted molar refractivity (Wildman–Crippen MR) is 75.8 cm³/mol. The average Bonchev–Trinajstić information content (AvgIpc) is 2.42. The molecule has 1 N–H and O–H groups in total. The van der Waals surface area contributed by atoms with Crippen LogP contribution < -0.4 is 5.56 Å². The summed E-state index contributed by atoms with van der Waals surface area (Å²) in [6.07, 6.45) is -5.30. The number of aromatic nitrogens is 1. The molecule has 0 amide bonds. The van der Waals surface area contributed by atoms with Gasteiger partial charge in [-0.3, -0.25) is 4.79 Å². The fourth-order valence-corrected chi connectivity index (χ4v) is 2.68. The van der Waals surface area contributed by atoms with Crippen LogP contribution in [-0.2, 0) is 17.8 Å². The zero-order chi connectivity index (χ0) is 15.9. The molecule has 0 bridgehead atoms. The number of halogens is 4. The molecule has 0 aliphatic carbocycles. The molecule has 0 saturated carbocycles. The molecule has 0 radical (unpaired) electrons. The summed E-state index contributed by atoms with van der Waals surface area (Å²) >= 11 is 5.96. The molecule has 1 aliphatic rings. The lowest BCUT2D eigenvalue weighted by Gasteiger charge is -2.26. The van der Waals surface area contributed by atoms with Gasteiger partial charge in [0, 0.05) is 29.3 Å². The normalized spacial score (nSPS) is 18.1. The van der Waals surface area contributed by atoms with Crippen LogP contribution in [0.15, 0.2) is 35.3 Å². The molecule has 0 saturated heterocycles. The highest BCUT2D eigenvalue weighted by Crippen LogP contribution is 2.36. The van der Waals surface area contributed by atoms with Gasteiger partial charge in [0.05, 0.1) is 6.61 Å². The van der Waals surface area contributed by atoms with Crippen LogP contribution in [-0.4, -0.2) is 17.3 Å². The summed E-state index contributed by atoms with van der Waals surface area (Å²) < 4.78 is 44.2. The van der Waals surface area contributed by atoms with E-state index >= 15 is 0 Å². The molecule has 3 nitrogen and oxygen atoms in total. The fourth-order valence-electron chi connectivity index (χ4n) is 2.51. The third-order valence-electron chi connectivity index (χ3n) is 3.58. The van der Waals surface area contributed by atoms with E-state index in [1.54, 1.807) is 6.07 Å². The Labute approximate surface area is 128 Å². The number of nitrogens with one attached hydrogen (secondary N) is 1. The van der Waals surface area contributed by atoms with Crippen molar-refractivity contribution in [1.29, 1.82) is 0 Å². The summed E-state index contributed by atoms with van der Waals surface area (Å²) in [5, 5.41) is 0.398. The van der Waals surface area contributed by atoms with Gasteiger partial charge in [0.2, 0.25) is 5.56 Å². The molecule has 0 spiro atoms. The number of hydrogen-bond acceptors (Lipinski definition) is 2. The van der Waals surface area contributed by atoms with E-state index in [0.29, 0.717) is 27.3 Å². The highest BCUT2D eigenvalue weighted by atomic mass is 35.5. The minimum absolute atomic E-state index is 0.234. The highest BCUT2D eigenvalue weighted by molar-refractivity contribution is 6.30. The number of rotatable bonds is 0. The Morgan fingerprint density at radius 3 is 2.64 bits per heavy atom. The summed E-state index contributed by atoms with van der Waals surface area (Å²) in [5.74, 6) is 0. The number of ether oxygens (including phenoxy) is 1. The molecular formula is C15H11ClF3NO2. The molecule has 1 atom stereocenters. The van der Waals surface area contributed by atoms with Crippen molar-refractivity contribution in [2.24, 2.45) is 0 Å². The molecule has 0 unspecified atom stereocenters. The van der Waals surface area contributed by atoms with Crippen molar-refractivity contribution in [2.75, 3.05) is 0 Å². The number of hydrogen-bond donors (Lipinski definition) is 1. The Morgan fingerprint density at radius 1 is 1.18 bits per heavy atom. The smallest absolute Gasteiger partial charge is 0.364 e. The molecule has 1 aromatic heterocycles. The standard InChI is InChI=1S/C15H11ClF3NO2/c16-10-2-1-8-3-13(15(17,18)19)22-7-9-6-20-14(21)5-12(9)11(8)4-10/h1-2,4-6,13H,3,7H2,(H,20,21)/t13-/m0/s1. The Hall–Kier alpha value is -1.79. The lowest BCUT2D eigenvalue weighted by molar-refractivity contribution is -0.223. The van der Waals surface area contributed by atoms with Gasteiger partial charge in [-0.05, 0) is 28.8 Å². The molecule has 2 heterocycles. The highest BCUT2D eigenvalue weighted by Gasteiger charge is 2.41. The second-order valence-electron chi connectivity index (χ2n) is 5.08. The fraction of sp³-hybridized carbons (Fsp3) is 0.267. The largest absolute Gasteiger partial charge is 0.414 e. The SMILES string of the molecule is O=c1cc2c(c[nH]1)CO[C@H](C(F)(F)F)Cc1ccc(Cl)cc1-2. The van der Waals surface area contributed by atoms with Gasteiger partial charge in [0.15, 0.2) is 6.10 Å². The van der Waals surface area contributed by atoms with Crippen molar-refractivity contribution in [3.05, 3.63) is 57.0 Å². The van der Waals surface area contributed by atoms with Crippen LogP contribution >= 0.6 is 11.6 Å². The van der Waals surface area contributed by atoms with E-state index in [0.717, 1.165) is 0 Å². The number of aromatic amines is 1. The molecule has 116 valence electrons. The first-order valence-corrected chi connectivity index (χ1v) is 6.91. The number of H-pyrrole nitrogens is 1. The summed E-state index contributed by atoms with van der Waals surface area (Å²) in [6, 6.07) is 5.99. The maximum Gasteiger partial charge on any atom is 0.414 e. The van der Waals surface area contributed by atoms with E-state index in [-0.39, 0.29) is 18.6 Å². The van der Waals surface area contributed by atoms with E-state index < -0.39 is 12.3 Å². The van der Waals surface area contributed by atoms with Crippen molar-refractivity contribution in [3.8, 4) is 11.1 Å². The molecule has 2 aromatic rings. The lowest BCUT2D eigenvalue weighted by atomic mass is 9.92. The van der Waals surface area contributed by atoms with Crippen molar-refractivity contribution in [1.82, 2.24) is 4.98 Å². The maximum atomic E-state index is 13.1. The van der Waals surface area contributed by atoms with Crippen molar-refractivity contribution in [2.45, 2.75) is 25.3 Å². The van der Waals surface area contributed by atoms with Gasteiger partial charge in [0.25, 0.3) is 0 Å². The molecule has 0 fully saturated rings. The first kappa shape index (κ1) is 15.1.